The standard InChI is InChI=1S/C19H19N9O4S/c20-33(31,32)13-5-1-10(2-6-13)8-21-17-25-15-11(7-14-16(29)26-19(30)24-14)9-22-28(15)18(27-17)23-12-3-4-12/h1-2,5-7,9,12H,3-4,8H2,(H2,20,31,32)(H2,21,23,25,27)(H2,24,26,29,30)/b14-7-. The summed E-state index contributed by atoms with van der Waals surface area (Å²) in [5.74, 6) is 0.256. The summed E-state index contributed by atoms with van der Waals surface area (Å²) in [5.41, 5.74) is 1.84. The van der Waals surface area contributed by atoms with E-state index in [2.05, 4.69) is 36.3 Å². The average Bonchev–Trinajstić information content (AvgIpc) is 3.40. The molecule has 14 heteroatoms. The number of rotatable bonds is 7. The van der Waals surface area contributed by atoms with E-state index in [1.54, 1.807) is 12.1 Å². The van der Waals surface area contributed by atoms with Crippen molar-refractivity contribution in [1.82, 2.24) is 30.2 Å². The topological polar surface area (TPSA) is 186 Å². The van der Waals surface area contributed by atoms with Crippen molar-refractivity contribution in [3.63, 3.8) is 0 Å². The van der Waals surface area contributed by atoms with Crippen LogP contribution in [0.5, 0.6) is 0 Å². The highest BCUT2D eigenvalue weighted by Crippen LogP contribution is 2.26. The molecule has 33 heavy (non-hydrogen) atoms. The number of urea groups is 1. The highest BCUT2D eigenvalue weighted by molar-refractivity contribution is 7.89. The van der Waals surface area contributed by atoms with Crippen LogP contribution in [0.3, 0.4) is 0 Å². The zero-order valence-electron chi connectivity index (χ0n) is 17.1. The highest BCUT2D eigenvalue weighted by Gasteiger charge is 2.26. The summed E-state index contributed by atoms with van der Waals surface area (Å²) in [6, 6.07) is 5.85. The first-order valence-corrected chi connectivity index (χ1v) is 11.5. The van der Waals surface area contributed by atoms with Crippen molar-refractivity contribution in [2.24, 2.45) is 5.14 Å². The molecular formula is C19H19N9O4S. The normalized spacial score (nSPS) is 17.3. The third-order valence-electron chi connectivity index (χ3n) is 5.03. The Morgan fingerprint density at radius 1 is 1.15 bits per heavy atom. The Bertz CT molecular complexity index is 1410. The number of nitrogens with two attached hydrogens (primary N) is 1. The molecule has 1 aliphatic carbocycles. The van der Waals surface area contributed by atoms with E-state index in [-0.39, 0.29) is 10.6 Å². The van der Waals surface area contributed by atoms with Crippen molar-refractivity contribution in [2.45, 2.75) is 30.3 Å². The van der Waals surface area contributed by atoms with Gasteiger partial charge in [-0.3, -0.25) is 10.1 Å². The SMILES string of the molecule is NS(=O)(=O)c1ccc(CNc2nc(NC3CC3)n3ncc(/C=C4\NC(=O)NC4=O)c3n2)cc1. The largest absolute Gasteiger partial charge is 0.351 e. The number of hydrogen-bond donors (Lipinski definition) is 5. The molecule has 3 amide bonds. The summed E-state index contributed by atoms with van der Waals surface area (Å²) in [7, 11) is -3.76. The summed E-state index contributed by atoms with van der Waals surface area (Å²) in [5, 5.41) is 20.5. The van der Waals surface area contributed by atoms with Crippen molar-refractivity contribution in [3.8, 4) is 0 Å². The maximum absolute atomic E-state index is 11.9. The van der Waals surface area contributed by atoms with Gasteiger partial charge in [-0.05, 0) is 36.6 Å². The first-order chi connectivity index (χ1) is 15.8. The molecule has 2 aliphatic rings. The van der Waals surface area contributed by atoms with Crippen LogP contribution in [0.15, 0.2) is 41.1 Å². The average molecular weight is 469 g/mol. The molecular weight excluding hydrogens is 450 g/mol. The minimum absolute atomic E-state index is 0.0276. The number of carbonyl (C=O) groups is 2. The van der Waals surface area contributed by atoms with Crippen LogP contribution in [0.25, 0.3) is 11.7 Å². The first-order valence-electron chi connectivity index (χ1n) is 9.98. The van der Waals surface area contributed by atoms with Gasteiger partial charge in [-0.15, -0.1) is 0 Å². The Morgan fingerprint density at radius 3 is 2.55 bits per heavy atom. The number of benzene rings is 1. The number of imide groups is 1. The van der Waals surface area contributed by atoms with E-state index in [1.807, 2.05) is 0 Å². The number of nitrogens with one attached hydrogen (secondary N) is 4. The Balaban J connectivity index is 1.45. The van der Waals surface area contributed by atoms with Crippen LogP contribution in [0.4, 0.5) is 16.7 Å². The molecule has 0 atom stereocenters. The van der Waals surface area contributed by atoms with Crippen LogP contribution in [0, 0.1) is 0 Å². The van der Waals surface area contributed by atoms with Gasteiger partial charge in [0.1, 0.15) is 5.70 Å². The second-order valence-corrected chi connectivity index (χ2v) is 9.19. The van der Waals surface area contributed by atoms with E-state index >= 15 is 0 Å². The Labute approximate surface area is 187 Å². The molecule has 0 radical (unpaired) electrons. The van der Waals surface area contributed by atoms with Crippen molar-refractivity contribution in [2.75, 3.05) is 10.6 Å². The Kier molecular flexibility index (Phi) is 4.94. The number of amides is 3. The molecule has 3 heterocycles. The van der Waals surface area contributed by atoms with E-state index in [0.29, 0.717) is 35.7 Å². The van der Waals surface area contributed by atoms with Gasteiger partial charge in [-0.2, -0.15) is 19.6 Å². The molecule has 1 aliphatic heterocycles. The lowest BCUT2D eigenvalue weighted by Crippen LogP contribution is -2.22. The quantitative estimate of drug-likeness (QED) is 0.237. The molecule has 2 aromatic heterocycles. The van der Waals surface area contributed by atoms with Crippen LogP contribution in [-0.4, -0.2) is 46.0 Å². The predicted molar refractivity (Wildman–Crippen MR) is 117 cm³/mol. The fourth-order valence-electron chi connectivity index (χ4n) is 3.20. The van der Waals surface area contributed by atoms with Crippen LogP contribution in [-0.2, 0) is 21.4 Å². The van der Waals surface area contributed by atoms with Gasteiger partial charge in [0.15, 0.2) is 5.65 Å². The molecule has 13 nitrogen and oxygen atoms in total. The van der Waals surface area contributed by atoms with Crippen LogP contribution >= 0.6 is 0 Å². The number of fused-ring (bicyclic) bond motifs is 1. The smallest absolute Gasteiger partial charge is 0.326 e. The summed E-state index contributed by atoms with van der Waals surface area (Å²) in [4.78, 5) is 32.3. The molecule has 3 aromatic rings. The summed E-state index contributed by atoms with van der Waals surface area (Å²) >= 11 is 0. The number of primary sulfonamides is 1. The molecule has 1 saturated heterocycles. The molecule has 5 rings (SSSR count). The monoisotopic (exact) mass is 469 g/mol. The van der Waals surface area contributed by atoms with Gasteiger partial charge in [0.05, 0.1) is 11.1 Å². The zero-order valence-corrected chi connectivity index (χ0v) is 17.9. The van der Waals surface area contributed by atoms with Gasteiger partial charge in [-0.1, -0.05) is 12.1 Å². The van der Waals surface area contributed by atoms with Gasteiger partial charge in [0.25, 0.3) is 5.91 Å². The number of carbonyl (C=O) groups excluding carboxylic acids is 2. The third-order valence-corrected chi connectivity index (χ3v) is 5.96. The fraction of sp³-hybridized carbons (Fsp3) is 0.211. The maximum atomic E-state index is 11.9. The Hall–Kier alpha value is -4.04. The van der Waals surface area contributed by atoms with E-state index in [1.165, 1.54) is 28.9 Å². The molecule has 2 fully saturated rings. The lowest BCUT2D eigenvalue weighted by Gasteiger charge is -2.10. The summed E-state index contributed by atoms with van der Waals surface area (Å²) in [6.45, 7) is 0.326. The van der Waals surface area contributed by atoms with Crippen molar-refractivity contribution >= 4 is 45.6 Å². The van der Waals surface area contributed by atoms with Gasteiger partial charge < -0.3 is 16.0 Å². The molecule has 6 N–H and O–H groups in total. The van der Waals surface area contributed by atoms with Crippen LogP contribution in [0.2, 0.25) is 0 Å². The number of hydrogen-bond acceptors (Lipinski definition) is 9. The summed E-state index contributed by atoms with van der Waals surface area (Å²) in [6.07, 6.45) is 5.07. The maximum Gasteiger partial charge on any atom is 0.326 e. The number of sulfonamides is 1. The minimum Gasteiger partial charge on any atom is -0.351 e. The van der Waals surface area contributed by atoms with Crippen molar-refractivity contribution in [3.05, 3.63) is 47.3 Å². The van der Waals surface area contributed by atoms with Gasteiger partial charge >= 0.3 is 6.03 Å². The number of anilines is 2. The van der Waals surface area contributed by atoms with E-state index in [4.69, 9.17) is 5.14 Å². The van der Waals surface area contributed by atoms with E-state index < -0.39 is 22.0 Å². The van der Waals surface area contributed by atoms with E-state index in [0.717, 1.165) is 18.4 Å². The Morgan fingerprint density at radius 2 is 1.91 bits per heavy atom. The van der Waals surface area contributed by atoms with Gasteiger partial charge in [-0.25, -0.2) is 18.4 Å². The second-order valence-electron chi connectivity index (χ2n) is 7.63. The lowest BCUT2D eigenvalue weighted by molar-refractivity contribution is -0.115. The molecule has 0 spiro atoms. The highest BCUT2D eigenvalue weighted by atomic mass is 32.2. The molecule has 1 saturated carbocycles. The lowest BCUT2D eigenvalue weighted by atomic mass is 10.2. The number of nitrogens with zero attached hydrogens (tertiary/aromatic N) is 4. The van der Waals surface area contributed by atoms with Crippen molar-refractivity contribution in [1.29, 1.82) is 0 Å². The zero-order chi connectivity index (χ0) is 23.2. The van der Waals surface area contributed by atoms with Gasteiger partial charge in [0, 0.05) is 18.2 Å². The van der Waals surface area contributed by atoms with Crippen molar-refractivity contribution < 1.29 is 18.0 Å². The third kappa shape index (κ3) is 4.47. The second kappa shape index (κ2) is 7.83. The molecule has 0 bridgehead atoms. The predicted octanol–water partition coefficient (Wildman–Crippen LogP) is 0.138. The van der Waals surface area contributed by atoms with Crippen LogP contribution in [0.1, 0.15) is 24.0 Å². The fourth-order valence-corrected chi connectivity index (χ4v) is 3.71. The molecule has 0 unspecified atom stereocenters. The molecule has 1 aromatic carbocycles. The number of aromatic nitrogens is 4. The molecule has 170 valence electrons. The minimum atomic E-state index is -3.76. The van der Waals surface area contributed by atoms with E-state index in [9.17, 15) is 18.0 Å². The summed E-state index contributed by atoms with van der Waals surface area (Å²) < 4.78 is 24.4. The van der Waals surface area contributed by atoms with Gasteiger partial charge in [0.2, 0.25) is 21.9 Å². The first kappa shape index (κ1) is 20.8. The van der Waals surface area contributed by atoms with Crippen LogP contribution < -0.4 is 26.4 Å².